The van der Waals surface area contributed by atoms with Gasteiger partial charge in [-0.3, -0.25) is 9.35 Å². The summed E-state index contributed by atoms with van der Waals surface area (Å²) in [6, 6.07) is 0. The molecule has 5 nitrogen and oxygen atoms in total. The summed E-state index contributed by atoms with van der Waals surface area (Å²) in [6.07, 6.45) is 11.7. The molecule has 22 heavy (non-hydrogen) atoms. The molecule has 1 amide bonds. The number of carbonyl (C=O) groups excluding carboxylic acids is 1. The molecular formula is C16H33NO4S. The molecule has 0 unspecified atom stereocenters. The number of unbranched alkanes of at least 4 members (excludes halogenated alkanes) is 9. The van der Waals surface area contributed by atoms with Gasteiger partial charge in [-0.05, 0) is 13.3 Å². The lowest BCUT2D eigenvalue weighted by Gasteiger charge is -2.01. The van der Waals surface area contributed by atoms with E-state index in [9.17, 15) is 13.2 Å². The lowest BCUT2D eigenvalue weighted by molar-refractivity contribution is -0.114. The third kappa shape index (κ3) is 24.2. The van der Waals surface area contributed by atoms with Crippen LogP contribution in [0.15, 0.2) is 12.2 Å². The number of hydrogen-bond donors (Lipinski definition) is 2. The van der Waals surface area contributed by atoms with Crippen molar-refractivity contribution in [3.63, 3.8) is 0 Å². The van der Waals surface area contributed by atoms with Gasteiger partial charge in [0, 0.05) is 5.57 Å². The second-order valence-corrected chi connectivity index (χ2v) is 7.18. The Bertz CT molecular complexity index is 379. The first-order valence-corrected chi connectivity index (χ1v) is 9.72. The topological polar surface area (TPSA) is 97.5 Å². The fourth-order valence-corrected chi connectivity index (χ4v) is 2.34. The lowest BCUT2D eigenvalue weighted by atomic mass is 10.1. The first kappa shape index (κ1) is 23.4. The van der Waals surface area contributed by atoms with Crippen LogP contribution < -0.4 is 5.73 Å². The van der Waals surface area contributed by atoms with E-state index < -0.39 is 16.0 Å². The Morgan fingerprint density at radius 1 is 0.955 bits per heavy atom. The number of nitrogens with two attached hydrogens (primary N) is 1. The van der Waals surface area contributed by atoms with Crippen LogP contribution >= 0.6 is 0 Å². The Morgan fingerprint density at radius 3 is 1.55 bits per heavy atom. The van der Waals surface area contributed by atoms with E-state index in [4.69, 9.17) is 10.3 Å². The summed E-state index contributed by atoms with van der Waals surface area (Å²) in [5, 5.41) is 0. The molecule has 3 N–H and O–H groups in total. The van der Waals surface area contributed by atoms with Gasteiger partial charge in [-0.2, -0.15) is 8.42 Å². The molecule has 0 aromatic heterocycles. The molecule has 0 radical (unpaired) electrons. The van der Waals surface area contributed by atoms with E-state index in [0.717, 1.165) is 12.8 Å². The van der Waals surface area contributed by atoms with Crippen molar-refractivity contribution in [2.45, 2.75) is 78.1 Å². The minimum absolute atomic E-state index is 0.0799. The van der Waals surface area contributed by atoms with Crippen molar-refractivity contribution >= 4 is 16.0 Å². The van der Waals surface area contributed by atoms with Crippen molar-refractivity contribution in [2.75, 3.05) is 5.75 Å². The number of amides is 1. The summed E-state index contributed by atoms with van der Waals surface area (Å²) in [6.45, 7) is 7.07. The van der Waals surface area contributed by atoms with Gasteiger partial charge < -0.3 is 5.73 Å². The predicted molar refractivity (Wildman–Crippen MR) is 92.3 cm³/mol. The molecule has 0 spiro atoms. The molecule has 0 aromatic carbocycles. The van der Waals surface area contributed by atoms with E-state index in [1.54, 1.807) is 6.92 Å². The van der Waals surface area contributed by atoms with Crippen LogP contribution in [-0.2, 0) is 14.9 Å². The van der Waals surface area contributed by atoms with Crippen LogP contribution in [0.25, 0.3) is 0 Å². The van der Waals surface area contributed by atoms with E-state index >= 15 is 0 Å². The SMILES string of the molecule is C=C(C)C(N)=O.CCCCCCCCCCCCS(=O)(=O)O. The van der Waals surface area contributed by atoms with Gasteiger partial charge in [-0.15, -0.1) is 0 Å². The quantitative estimate of drug-likeness (QED) is 0.321. The molecule has 0 saturated carbocycles. The Morgan fingerprint density at radius 2 is 1.27 bits per heavy atom. The first-order chi connectivity index (χ1) is 10.2. The van der Waals surface area contributed by atoms with Gasteiger partial charge in [0.05, 0.1) is 5.75 Å². The number of rotatable bonds is 12. The molecule has 0 rings (SSSR count). The highest BCUT2D eigenvalue weighted by Gasteiger charge is 2.02. The Kier molecular flexibility index (Phi) is 16.0. The molecule has 0 aliphatic carbocycles. The maximum absolute atomic E-state index is 10.4. The van der Waals surface area contributed by atoms with Gasteiger partial charge in [-0.1, -0.05) is 71.3 Å². The Labute approximate surface area is 136 Å². The predicted octanol–water partition coefficient (Wildman–Crippen LogP) is 3.84. The summed E-state index contributed by atoms with van der Waals surface area (Å²) < 4.78 is 29.4. The third-order valence-electron chi connectivity index (χ3n) is 3.18. The molecule has 0 heterocycles. The average Bonchev–Trinajstić information content (AvgIpc) is 2.40. The van der Waals surface area contributed by atoms with Gasteiger partial charge in [0.1, 0.15) is 0 Å². The number of hydrogen-bond acceptors (Lipinski definition) is 3. The molecule has 0 aliphatic rings. The van der Waals surface area contributed by atoms with Crippen molar-refractivity contribution in [3.8, 4) is 0 Å². The number of primary amides is 1. The van der Waals surface area contributed by atoms with Crippen LogP contribution in [0.5, 0.6) is 0 Å². The molecule has 0 atom stereocenters. The first-order valence-electron chi connectivity index (χ1n) is 8.11. The van der Waals surface area contributed by atoms with E-state index in [0.29, 0.717) is 12.0 Å². The van der Waals surface area contributed by atoms with Crippen molar-refractivity contribution in [2.24, 2.45) is 5.73 Å². The molecular weight excluding hydrogens is 302 g/mol. The van der Waals surface area contributed by atoms with E-state index in [2.05, 4.69) is 13.5 Å². The van der Waals surface area contributed by atoms with E-state index in [1.807, 2.05) is 0 Å². The summed E-state index contributed by atoms with van der Waals surface area (Å²) in [4.78, 5) is 9.82. The molecule has 0 fully saturated rings. The summed E-state index contributed by atoms with van der Waals surface area (Å²) in [7, 11) is -3.73. The molecule has 0 bridgehead atoms. The molecule has 0 saturated heterocycles. The maximum atomic E-state index is 10.4. The number of carbonyl (C=O) groups is 1. The molecule has 132 valence electrons. The van der Waals surface area contributed by atoms with Gasteiger partial charge in [0.25, 0.3) is 10.1 Å². The van der Waals surface area contributed by atoms with Crippen molar-refractivity contribution < 1.29 is 17.8 Å². The normalized spacial score (nSPS) is 10.7. The van der Waals surface area contributed by atoms with Gasteiger partial charge >= 0.3 is 0 Å². The fourth-order valence-electron chi connectivity index (χ4n) is 1.77. The largest absolute Gasteiger partial charge is 0.366 e. The highest BCUT2D eigenvalue weighted by molar-refractivity contribution is 7.85. The van der Waals surface area contributed by atoms with Crippen LogP contribution in [0.1, 0.15) is 78.1 Å². The van der Waals surface area contributed by atoms with Gasteiger partial charge in [0.15, 0.2) is 0 Å². The van der Waals surface area contributed by atoms with Crippen molar-refractivity contribution in [1.29, 1.82) is 0 Å². The van der Waals surface area contributed by atoms with Gasteiger partial charge in [-0.25, -0.2) is 0 Å². The Hall–Kier alpha value is -0.880. The molecule has 0 aromatic rings. The van der Waals surface area contributed by atoms with Crippen LogP contribution in [0.2, 0.25) is 0 Å². The highest BCUT2D eigenvalue weighted by Crippen LogP contribution is 2.10. The summed E-state index contributed by atoms with van der Waals surface area (Å²) >= 11 is 0. The lowest BCUT2D eigenvalue weighted by Crippen LogP contribution is -2.10. The van der Waals surface area contributed by atoms with Crippen molar-refractivity contribution in [1.82, 2.24) is 0 Å². The Balaban J connectivity index is 0. The molecule has 0 aliphatic heterocycles. The van der Waals surface area contributed by atoms with E-state index in [1.165, 1.54) is 44.9 Å². The summed E-state index contributed by atoms with van der Waals surface area (Å²) in [5.41, 5.74) is 5.09. The average molecular weight is 336 g/mol. The highest BCUT2D eigenvalue weighted by atomic mass is 32.2. The minimum Gasteiger partial charge on any atom is -0.366 e. The van der Waals surface area contributed by atoms with Crippen LogP contribution in [0.3, 0.4) is 0 Å². The second kappa shape index (κ2) is 15.0. The van der Waals surface area contributed by atoms with Crippen LogP contribution in [-0.4, -0.2) is 24.6 Å². The fraction of sp³-hybridized carbons (Fsp3) is 0.812. The smallest absolute Gasteiger partial charge is 0.264 e. The van der Waals surface area contributed by atoms with Crippen LogP contribution in [0, 0.1) is 0 Å². The third-order valence-corrected chi connectivity index (χ3v) is 3.98. The van der Waals surface area contributed by atoms with Crippen LogP contribution in [0.4, 0.5) is 0 Å². The summed E-state index contributed by atoms with van der Waals surface area (Å²) in [5.74, 6) is -0.515. The second-order valence-electron chi connectivity index (χ2n) is 5.61. The van der Waals surface area contributed by atoms with Gasteiger partial charge in [0.2, 0.25) is 5.91 Å². The zero-order valence-electron chi connectivity index (χ0n) is 14.1. The van der Waals surface area contributed by atoms with E-state index in [-0.39, 0.29) is 5.75 Å². The zero-order valence-corrected chi connectivity index (χ0v) is 15.0. The monoisotopic (exact) mass is 335 g/mol. The maximum Gasteiger partial charge on any atom is 0.264 e. The standard InChI is InChI=1S/C12H26O3S.C4H7NO/c1-2-3-4-5-6-7-8-9-10-11-12-16(13,14)15;1-3(2)4(5)6/h2-12H2,1H3,(H,13,14,15);1H2,2H3,(H2,5,6). The van der Waals surface area contributed by atoms with Crippen molar-refractivity contribution in [3.05, 3.63) is 12.2 Å². The minimum atomic E-state index is -3.73. The zero-order chi connectivity index (χ0) is 17.4. The molecule has 6 heteroatoms.